The second-order valence-corrected chi connectivity index (χ2v) is 6.80. The van der Waals surface area contributed by atoms with E-state index in [-0.39, 0.29) is 18.4 Å². The lowest BCUT2D eigenvalue weighted by atomic mass is 10.1. The van der Waals surface area contributed by atoms with Crippen molar-refractivity contribution < 1.29 is 14.3 Å². The monoisotopic (exact) mass is 412 g/mol. The van der Waals surface area contributed by atoms with Crippen molar-refractivity contribution in [1.82, 2.24) is 20.2 Å². The van der Waals surface area contributed by atoms with Gasteiger partial charge in [0.15, 0.2) is 0 Å². The molecule has 2 N–H and O–H groups in total. The number of ether oxygens (including phenoxy) is 1. The van der Waals surface area contributed by atoms with Gasteiger partial charge in [0.1, 0.15) is 17.6 Å². The Hall–Kier alpha value is -3.32. The van der Waals surface area contributed by atoms with Crippen LogP contribution in [-0.4, -0.2) is 35.0 Å². The van der Waals surface area contributed by atoms with Crippen LogP contribution in [0.2, 0.25) is 5.02 Å². The number of hydrogen-bond acceptors (Lipinski definition) is 4. The zero-order chi connectivity index (χ0) is 20.8. The Kier molecular flexibility index (Phi) is 6.51. The molecule has 0 unspecified atom stereocenters. The average molecular weight is 413 g/mol. The highest BCUT2D eigenvalue weighted by atomic mass is 35.5. The van der Waals surface area contributed by atoms with E-state index in [0.29, 0.717) is 22.2 Å². The average Bonchev–Trinajstić information content (AvgIpc) is 3.16. The van der Waals surface area contributed by atoms with Gasteiger partial charge in [0.2, 0.25) is 5.91 Å². The summed E-state index contributed by atoms with van der Waals surface area (Å²) < 4.78 is 6.94. The SMILES string of the molecule is COc1cccc(C(=O)NCC(=O)N[C@H](c2ccc(Cl)cc2)c2nccn2C)c1. The maximum absolute atomic E-state index is 12.5. The summed E-state index contributed by atoms with van der Waals surface area (Å²) >= 11 is 5.98. The fourth-order valence-corrected chi connectivity index (χ4v) is 2.97. The number of hydrogen-bond donors (Lipinski definition) is 2. The predicted molar refractivity (Wildman–Crippen MR) is 110 cm³/mol. The van der Waals surface area contributed by atoms with E-state index in [1.165, 1.54) is 7.11 Å². The van der Waals surface area contributed by atoms with E-state index in [1.807, 2.05) is 23.7 Å². The van der Waals surface area contributed by atoms with Gasteiger partial charge in [-0.2, -0.15) is 0 Å². The van der Waals surface area contributed by atoms with E-state index in [2.05, 4.69) is 15.6 Å². The summed E-state index contributed by atoms with van der Waals surface area (Å²) in [5.74, 6) is 0.530. The number of rotatable bonds is 7. The van der Waals surface area contributed by atoms with E-state index in [4.69, 9.17) is 16.3 Å². The quantitative estimate of drug-likeness (QED) is 0.624. The summed E-state index contributed by atoms with van der Waals surface area (Å²) in [7, 11) is 3.38. The Balaban J connectivity index is 1.69. The minimum atomic E-state index is -0.478. The second-order valence-electron chi connectivity index (χ2n) is 6.36. The minimum Gasteiger partial charge on any atom is -0.497 e. The van der Waals surface area contributed by atoms with Crippen LogP contribution >= 0.6 is 11.6 Å². The van der Waals surface area contributed by atoms with Gasteiger partial charge >= 0.3 is 0 Å². The van der Waals surface area contributed by atoms with Crippen LogP contribution in [0.1, 0.15) is 27.8 Å². The minimum absolute atomic E-state index is 0.176. The van der Waals surface area contributed by atoms with E-state index >= 15 is 0 Å². The maximum Gasteiger partial charge on any atom is 0.251 e. The van der Waals surface area contributed by atoms with Crippen LogP contribution in [-0.2, 0) is 11.8 Å². The summed E-state index contributed by atoms with van der Waals surface area (Å²) in [5, 5.41) is 6.14. The van der Waals surface area contributed by atoms with Crippen LogP contribution in [0.4, 0.5) is 0 Å². The summed E-state index contributed by atoms with van der Waals surface area (Å²) in [6, 6.07) is 13.4. The van der Waals surface area contributed by atoms with Crippen molar-refractivity contribution in [2.24, 2.45) is 7.05 Å². The highest BCUT2D eigenvalue weighted by Gasteiger charge is 2.21. The molecule has 1 aromatic heterocycles. The molecule has 0 spiro atoms. The number of benzene rings is 2. The summed E-state index contributed by atoms with van der Waals surface area (Å²) in [6.45, 7) is -0.176. The van der Waals surface area contributed by atoms with E-state index in [1.54, 1.807) is 48.8 Å². The van der Waals surface area contributed by atoms with Gasteiger partial charge in [0.25, 0.3) is 5.91 Å². The first-order valence-corrected chi connectivity index (χ1v) is 9.30. The lowest BCUT2D eigenvalue weighted by molar-refractivity contribution is -0.120. The summed E-state index contributed by atoms with van der Waals surface area (Å²) in [5.41, 5.74) is 1.24. The van der Waals surface area contributed by atoms with Crippen molar-refractivity contribution in [1.29, 1.82) is 0 Å². The molecule has 8 heteroatoms. The molecule has 2 amide bonds. The lowest BCUT2D eigenvalue weighted by Gasteiger charge is -2.19. The van der Waals surface area contributed by atoms with Crippen LogP contribution in [0, 0.1) is 0 Å². The molecule has 0 radical (unpaired) electrons. The van der Waals surface area contributed by atoms with Crippen molar-refractivity contribution in [3.05, 3.63) is 82.9 Å². The number of aromatic nitrogens is 2. The molecule has 1 heterocycles. The molecule has 0 fully saturated rings. The summed E-state index contributed by atoms with van der Waals surface area (Å²) in [4.78, 5) is 29.2. The van der Waals surface area contributed by atoms with E-state index in [0.717, 1.165) is 5.56 Å². The third kappa shape index (κ3) is 5.14. The lowest BCUT2D eigenvalue weighted by Crippen LogP contribution is -2.39. The molecule has 0 aliphatic rings. The number of nitrogens with one attached hydrogen (secondary N) is 2. The van der Waals surface area contributed by atoms with E-state index < -0.39 is 6.04 Å². The van der Waals surface area contributed by atoms with Gasteiger partial charge in [-0.25, -0.2) is 4.98 Å². The number of amides is 2. The standard InChI is InChI=1S/C21H21ClN4O3/c1-26-11-10-23-20(26)19(14-6-8-16(22)9-7-14)25-18(27)13-24-21(28)15-4-3-5-17(12-15)29-2/h3-12,19H,13H2,1-2H3,(H,24,28)(H,25,27)/t19-/m1/s1. The van der Waals surface area contributed by atoms with Crippen LogP contribution < -0.4 is 15.4 Å². The number of imidazole rings is 1. The van der Waals surface area contributed by atoms with Crippen LogP contribution in [0.5, 0.6) is 5.75 Å². The largest absolute Gasteiger partial charge is 0.497 e. The molecule has 0 bridgehead atoms. The Morgan fingerprint density at radius 2 is 1.97 bits per heavy atom. The molecular formula is C21H21ClN4O3. The Morgan fingerprint density at radius 3 is 2.62 bits per heavy atom. The van der Waals surface area contributed by atoms with Crippen LogP contribution in [0.3, 0.4) is 0 Å². The second kappa shape index (κ2) is 9.25. The number of carbonyl (C=O) groups is 2. The van der Waals surface area contributed by atoms with Crippen LogP contribution in [0.25, 0.3) is 0 Å². The molecule has 0 aliphatic carbocycles. The van der Waals surface area contributed by atoms with Crippen molar-refractivity contribution in [2.75, 3.05) is 13.7 Å². The number of methoxy groups -OCH3 is 1. The normalized spacial score (nSPS) is 11.6. The molecule has 0 saturated heterocycles. The highest BCUT2D eigenvalue weighted by Crippen LogP contribution is 2.22. The van der Waals surface area contributed by atoms with Gasteiger partial charge in [0, 0.05) is 30.0 Å². The van der Waals surface area contributed by atoms with Crippen molar-refractivity contribution in [3.63, 3.8) is 0 Å². The zero-order valence-electron chi connectivity index (χ0n) is 16.1. The third-order valence-corrected chi connectivity index (χ3v) is 4.62. The Bertz CT molecular complexity index is 1000. The molecule has 29 heavy (non-hydrogen) atoms. The van der Waals surface area contributed by atoms with E-state index in [9.17, 15) is 9.59 Å². The molecule has 1 atom stereocenters. The molecule has 7 nitrogen and oxygen atoms in total. The van der Waals surface area contributed by atoms with Gasteiger partial charge < -0.3 is 19.9 Å². The van der Waals surface area contributed by atoms with Crippen molar-refractivity contribution >= 4 is 23.4 Å². The predicted octanol–water partition coefficient (Wildman–Crippen LogP) is 2.72. The molecule has 0 saturated carbocycles. The first-order chi connectivity index (χ1) is 14.0. The highest BCUT2D eigenvalue weighted by molar-refractivity contribution is 6.30. The van der Waals surface area contributed by atoms with Gasteiger partial charge in [-0.1, -0.05) is 29.8 Å². The fraction of sp³-hybridized carbons (Fsp3) is 0.190. The fourth-order valence-electron chi connectivity index (χ4n) is 2.85. The molecule has 0 aliphatic heterocycles. The Labute approximate surface area is 173 Å². The maximum atomic E-state index is 12.5. The molecular weight excluding hydrogens is 392 g/mol. The van der Waals surface area contributed by atoms with Gasteiger partial charge in [-0.05, 0) is 35.9 Å². The topological polar surface area (TPSA) is 85.2 Å². The first kappa shape index (κ1) is 20.4. The number of carbonyl (C=O) groups excluding carboxylic acids is 2. The number of nitrogens with zero attached hydrogens (tertiary/aromatic N) is 2. The van der Waals surface area contributed by atoms with Crippen LogP contribution in [0.15, 0.2) is 60.9 Å². The first-order valence-electron chi connectivity index (χ1n) is 8.92. The molecule has 2 aromatic carbocycles. The molecule has 150 valence electrons. The Morgan fingerprint density at radius 1 is 1.21 bits per heavy atom. The molecule has 3 rings (SSSR count). The summed E-state index contributed by atoms with van der Waals surface area (Å²) in [6.07, 6.45) is 3.46. The zero-order valence-corrected chi connectivity index (χ0v) is 16.8. The third-order valence-electron chi connectivity index (χ3n) is 4.37. The van der Waals surface area contributed by atoms with Crippen molar-refractivity contribution in [2.45, 2.75) is 6.04 Å². The van der Waals surface area contributed by atoms with Gasteiger partial charge in [-0.15, -0.1) is 0 Å². The van der Waals surface area contributed by atoms with Crippen molar-refractivity contribution in [3.8, 4) is 5.75 Å². The molecule has 3 aromatic rings. The smallest absolute Gasteiger partial charge is 0.251 e. The van der Waals surface area contributed by atoms with Gasteiger partial charge in [0.05, 0.1) is 13.7 Å². The van der Waals surface area contributed by atoms with Gasteiger partial charge in [-0.3, -0.25) is 9.59 Å². The number of halogens is 1. The number of aryl methyl sites for hydroxylation is 1.